The first-order chi connectivity index (χ1) is 9.63. The van der Waals surface area contributed by atoms with Gasteiger partial charge in [-0.15, -0.1) is 0 Å². The summed E-state index contributed by atoms with van der Waals surface area (Å²) in [5.41, 5.74) is 5.12. The molecule has 1 aromatic heterocycles. The monoisotopic (exact) mass is 307 g/mol. The van der Waals surface area contributed by atoms with Crippen LogP contribution in [0.5, 0.6) is 0 Å². The van der Waals surface area contributed by atoms with E-state index in [-0.39, 0.29) is 0 Å². The van der Waals surface area contributed by atoms with Crippen molar-refractivity contribution < 1.29 is 0 Å². The molecule has 0 unspecified atom stereocenters. The first-order valence-corrected chi connectivity index (χ1v) is 6.73. The van der Waals surface area contributed by atoms with Gasteiger partial charge in [-0.05, 0) is 31.3 Å². The predicted molar refractivity (Wildman–Crippen MR) is 85.7 cm³/mol. The van der Waals surface area contributed by atoms with E-state index in [1.165, 1.54) is 0 Å². The molecule has 0 spiro atoms. The topological polar surface area (TPSA) is 54.2 Å². The maximum absolute atomic E-state index is 6.35. The van der Waals surface area contributed by atoms with Crippen molar-refractivity contribution in [2.45, 2.75) is 6.92 Å². The van der Waals surface area contributed by atoms with Gasteiger partial charge in [0.05, 0.1) is 23.2 Å². The molecule has 0 aliphatic rings. The lowest BCUT2D eigenvalue weighted by Gasteiger charge is -2.02. The summed E-state index contributed by atoms with van der Waals surface area (Å²) in [4.78, 5) is 0. The third-order valence-electron chi connectivity index (χ3n) is 2.64. The molecule has 0 saturated carbocycles. The van der Waals surface area contributed by atoms with Crippen molar-refractivity contribution in [3.63, 3.8) is 0 Å². The van der Waals surface area contributed by atoms with Crippen molar-refractivity contribution in [1.29, 1.82) is 0 Å². The number of hydrogen-bond acceptors (Lipinski definition) is 3. The van der Waals surface area contributed by atoms with Gasteiger partial charge in [-0.2, -0.15) is 10.2 Å². The SMILES string of the molecule is CNC(=S)N/N=C/c1c(C)nn(-c2ccccc2)c1Cl. The van der Waals surface area contributed by atoms with Gasteiger partial charge in [0.2, 0.25) is 0 Å². The Kier molecular flexibility index (Phi) is 4.70. The predicted octanol–water partition coefficient (Wildman–Crippen LogP) is 2.26. The maximum Gasteiger partial charge on any atom is 0.186 e. The van der Waals surface area contributed by atoms with E-state index in [0.717, 1.165) is 16.9 Å². The van der Waals surface area contributed by atoms with E-state index in [2.05, 4.69) is 20.9 Å². The van der Waals surface area contributed by atoms with Gasteiger partial charge in [0.25, 0.3) is 0 Å². The fourth-order valence-electron chi connectivity index (χ4n) is 1.61. The molecule has 5 nitrogen and oxygen atoms in total. The second-order valence-corrected chi connectivity index (χ2v) is 4.75. The van der Waals surface area contributed by atoms with E-state index < -0.39 is 0 Å². The number of benzene rings is 1. The molecule has 20 heavy (non-hydrogen) atoms. The van der Waals surface area contributed by atoms with E-state index in [4.69, 9.17) is 23.8 Å². The molecule has 0 saturated heterocycles. The highest BCUT2D eigenvalue weighted by molar-refractivity contribution is 7.80. The summed E-state index contributed by atoms with van der Waals surface area (Å²) in [5, 5.41) is 12.1. The van der Waals surface area contributed by atoms with Crippen molar-refractivity contribution in [1.82, 2.24) is 20.5 Å². The Hall–Kier alpha value is -1.92. The molecule has 2 aromatic rings. The molecule has 7 heteroatoms. The number of nitrogens with zero attached hydrogens (tertiary/aromatic N) is 3. The molecule has 104 valence electrons. The number of halogens is 1. The molecule has 0 fully saturated rings. The van der Waals surface area contributed by atoms with Crippen molar-refractivity contribution in [3.8, 4) is 5.69 Å². The van der Waals surface area contributed by atoms with Crippen LogP contribution in [-0.4, -0.2) is 28.2 Å². The zero-order valence-corrected chi connectivity index (χ0v) is 12.7. The molecular formula is C13H14ClN5S. The second-order valence-electron chi connectivity index (χ2n) is 3.99. The second kappa shape index (κ2) is 6.49. The lowest BCUT2D eigenvalue weighted by molar-refractivity contribution is 0.863. The molecule has 1 aromatic carbocycles. The molecule has 2 rings (SSSR count). The van der Waals surface area contributed by atoms with Crippen LogP contribution in [0.25, 0.3) is 5.69 Å². The first-order valence-electron chi connectivity index (χ1n) is 5.95. The molecule has 1 heterocycles. The van der Waals surface area contributed by atoms with Crippen LogP contribution in [0.2, 0.25) is 5.15 Å². The van der Waals surface area contributed by atoms with Crippen molar-refractivity contribution in [2.75, 3.05) is 7.05 Å². The van der Waals surface area contributed by atoms with Gasteiger partial charge in [-0.1, -0.05) is 29.8 Å². The Morgan fingerprint density at radius 3 is 2.75 bits per heavy atom. The van der Waals surface area contributed by atoms with Gasteiger partial charge in [-0.3, -0.25) is 5.43 Å². The van der Waals surface area contributed by atoms with E-state index in [9.17, 15) is 0 Å². The maximum atomic E-state index is 6.35. The van der Waals surface area contributed by atoms with Gasteiger partial charge in [0, 0.05) is 7.05 Å². The van der Waals surface area contributed by atoms with Crippen LogP contribution in [0.1, 0.15) is 11.3 Å². The summed E-state index contributed by atoms with van der Waals surface area (Å²) < 4.78 is 1.68. The minimum absolute atomic E-state index is 0.436. The zero-order valence-electron chi connectivity index (χ0n) is 11.1. The van der Waals surface area contributed by atoms with Gasteiger partial charge in [-0.25, -0.2) is 4.68 Å². The standard InChI is InChI=1S/C13H14ClN5S/c1-9-11(8-16-17-13(20)15-2)12(14)19(18-9)10-6-4-3-5-7-10/h3-8H,1-2H3,(H2,15,17,20)/b16-8+. The van der Waals surface area contributed by atoms with Crippen LogP contribution in [0, 0.1) is 6.92 Å². The van der Waals surface area contributed by atoms with Crippen molar-refractivity contribution in [2.24, 2.45) is 5.10 Å². The largest absolute Gasteiger partial charge is 0.364 e. The number of aromatic nitrogens is 2. The summed E-state index contributed by atoms with van der Waals surface area (Å²) in [5.74, 6) is 0. The fraction of sp³-hybridized carbons (Fsp3) is 0.154. The summed E-state index contributed by atoms with van der Waals surface area (Å²) in [6.45, 7) is 1.88. The number of nitrogens with one attached hydrogen (secondary N) is 2. The Morgan fingerprint density at radius 1 is 1.40 bits per heavy atom. The number of hydrogen-bond donors (Lipinski definition) is 2. The van der Waals surface area contributed by atoms with E-state index in [1.54, 1.807) is 17.9 Å². The number of aryl methyl sites for hydroxylation is 1. The molecule has 0 aliphatic carbocycles. The Labute approximate surface area is 127 Å². The van der Waals surface area contributed by atoms with Crippen LogP contribution < -0.4 is 10.7 Å². The lowest BCUT2D eigenvalue weighted by atomic mass is 10.3. The first kappa shape index (κ1) is 14.5. The molecule has 0 bridgehead atoms. The molecule has 0 radical (unpaired) electrons. The van der Waals surface area contributed by atoms with Gasteiger partial charge < -0.3 is 5.32 Å². The minimum atomic E-state index is 0.436. The third kappa shape index (κ3) is 3.15. The average Bonchev–Trinajstić information content (AvgIpc) is 2.75. The normalized spacial score (nSPS) is 10.8. The van der Waals surface area contributed by atoms with Gasteiger partial charge >= 0.3 is 0 Å². The summed E-state index contributed by atoms with van der Waals surface area (Å²) in [7, 11) is 1.72. The van der Waals surface area contributed by atoms with Gasteiger partial charge in [0.15, 0.2) is 5.11 Å². The number of hydrazone groups is 1. The van der Waals surface area contributed by atoms with Crippen molar-refractivity contribution >= 4 is 35.1 Å². The highest BCUT2D eigenvalue weighted by Crippen LogP contribution is 2.21. The molecule has 0 amide bonds. The van der Waals surface area contributed by atoms with Crippen LogP contribution in [0.15, 0.2) is 35.4 Å². The number of para-hydroxylation sites is 1. The summed E-state index contributed by atoms with van der Waals surface area (Å²) in [6, 6.07) is 9.69. The zero-order chi connectivity index (χ0) is 14.5. The van der Waals surface area contributed by atoms with Gasteiger partial charge in [0.1, 0.15) is 5.15 Å². The summed E-state index contributed by atoms with van der Waals surface area (Å²) >= 11 is 11.3. The van der Waals surface area contributed by atoms with E-state index >= 15 is 0 Å². The highest BCUT2D eigenvalue weighted by atomic mass is 35.5. The number of rotatable bonds is 3. The summed E-state index contributed by atoms with van der Waals surface area (Å²) in [6.07, 6.45) is 1.60. The molecular weight excluding hydrogens is 294 g/mol. The smallest absolute Gasteiger partial charge is 0.186 e. The Balaban J connectivity index is 2.28. The van der Waals surface area contributed by atoms with E-state index in [0.29, 0.717) is 10.3 Å². The quantitative estimate of drug-likeness (QED) is 0.519. The molecule has 0 aliphatic heterocycles. The molecule has 0 atom stereocenters. The average molecular weight is 308 g/mol. The van der Waals surface area contributed by atoms with E-state index in [1.807, 2.05) is 37.3 Å². The third-order valence-corrected chi connectivity index (χ3v) is 3.29. The Morgan fingerprint density at radius 2 is 2.10 bits per heavy atom. The number of thiocarbonyl (C=S) groups is 1. The molecule has 2 N–H and O–H groups in total. The highest BCUT2D eigenvalue weighted by Gasteiger charge is 2.12. The van der Waals surface area contributed by atoms with Crippen molar-refractivity contribution in [3.05, 3.63) is 46.7 Å². The Bertz CT molecular complexity index is 636. The fourth-order valence-corrected chi connectivity index (χ4v) is 1.98. The van der Waals surface area contributed by atoms with Crippen LogP contribution >= 0.6 is 23.8 Å². The minimum Gasteiger partial charge on any atom is -0.364 e. The van der Waals surface area contributed by atoms with Crippen LogP contribution in [-0.2, 0) is 0 Å². The lowest BCUT2D eigenvalue weighted by Crippen LogP contribution is -2.28. The van der Waals surface area contributed by atoms with Crippen LogP contribution in [0.4, 0.5) is 0 Å². The van der Waals surface area contributed by atoms with Crippen LogP contribution in [0.3, 0.4) is 0 Å².